The highest BCUT2D eigenvalue weighted by molar-refractivity contribution is 6.17. The Hall–Kier alpha value is 0.467. The van der Waals surface area contributed by atoms with Crippen LogP contribution in [-0.2, 0) is 4.43 Å². The first kappa shape index (κ1) is 10.5. The third-order valence-corrected chi connectivity index (χ3v) is 3.33. The van der Waals surface area contributed by atoms with E-state index in [-0.39, 0.29) is 5.60 Å². The molecule has 0 heterocycles. The fourth-order valence-corrected chi connectivity index (χ4v) is 2.29. The van der Waals surface area contributed by atoms with Crippen molar-refractivity contribution in [1.29, 1.82) is 0 Å². The molecule has 3 heteroatoms. The number of hydrogen-bond acceptors (Lipinski definition) is 1. The highest BCUT2D eigenvalue weighted by Gasteiger charge is 2.23. The fourth-order valence-electron chi connectivity index (χ4n) is 1.17. The van der Waals surface area contributed by atoms with E-state index in [4.69, 9.17) is 16.0 Å². The molecule has 0 bridgehead atoms. The summed E-state index contributed by atoms with van der Waals surface area (Å²) in [6, 6.07) is 0. The van der Waals surface area contributed by atoms with E-state index in [9.17, 15) is 0 Å². The van der Waals surface area contributed by atoms with Gasteiger partial charge >= 0.3 is 0 Å². The summed E-state index contributed by atoms with van der Waals surface area (Å²) in [6.45, 7) is 4.32. The molecule has 1 nitrogen and oxygen atoms in total. The molecule has 62 valence electrons. The van der Waals surface area contributed by atoms with Crippen molar-refractivity contribution in [3.05, 3.63) is 0 Å². The summed E-state index contributed by atoms with van der Waals surface area (Å²) in [4.78, 5) is 0. The van der Waals surface area contributed by atoms with Crippen molar-refractivity contribution in [3.63, 3.8) is 0 Å². The van der Waals surface area contributed by atoms with Crippen molar-refractivity contribution < 1.29 is 4.43 Å². The molecule has 0 saturated carbocycles. The van der Waals surface area contributed by atoms with Gasteiger partial charge in [0.25, 0.3) is 0 Å². The van der Waals surface area contributed by atoms with E-state index in [0.29, 0.717) is 5.88 Å². The lowest BCUT2D eigenvalue weighted by Crippen LogP contribution is -2.30. The van der Waals surface area contributed by atoms with E-state index >= 15 is 0 Å². The molecule has 0 fully saturated rings. The van der Waals surface area contributed by atoms with Crippen LogP contribution in [0.1, 0.15) is 33.1 Å². The Labute approximate surface area is 71.6 Å². The van der Waals surface area contributed by atoms with Gasteiger partial charge in [0.05, 0.1) is 5.60 Å². The molecule has 0 aromatic carbocycles. The zero-order chi connectivity index (χ0) is 8.04. The Bertz CT molecular complexity index is 75.4. The monoisotopic (exact) mass is 180 g/mol. The highest BCUT2D eigenvalue weighted by Crippen LogP contribution is 2.23. The summed E-state index contributed by atoms with van der Waals surface area (Å²) in [5.74, 6) is 0.712. The first-order valence-electron chi connectivity index (χ1n) is 3.85. The zero-order valence-corrected chi connectivity index (χ0v) is 9.87. The van der Waals surface area contributed by atoms with E-state index in [0.717, 1.165) is 29.7 Å². The van der Waals surface area contributed by atoms with Crippen LogP contribution in [0.4, 0.5) is 0 Å². The van der Waals surface area contributed by atoms with Gasteiger partial charge in [-0.1, -0.05) is 13.8 Å². The topological polar surface area (TPSA) is 9.23 Å². The van der Waals surface area contributed by atoms with Crippen molar-refractivity contribution in [2.24, 2.45) is 0 Å². The molecule has 0 N–H and O–H groups in total. The molecule has 0 atom stereocenters. The van der Waals surface area contributed by atoms with Crippen LogP contribution in [0.2, 0.25) is 0 Å². The smallest absolute Gasteiger partial charge is 0.146 e. The van der Waals surface area contributed by atoms with E-state index in [2.05, 4.69) is 13.8 Å². The lowest BCUT2D eigenvalue weighted by molar-refractivity contribution is 0.0677. The number of halogens is 1. The standard InChI is InChI=1S/C7H17ClOSi/c1-3-7(4-2,9-10)5-6-8/h3-6H2,1-2,10H3. The molecule has 0 radical (unpaired) electrons. The second kappa shape index (κ2) is 5.16. The third-order valence-electron chi connectivity index (χ3n) is 2.27. The van der Waals surface area contributed by atoms with Gasteiger partial charge in [0.1, 0.15) is 10.5 Å². The van der Waals surface area contributed by atoms with Crippen molar-refractivity contribution in [1.82, 2.24) is 0 Å². The highest BCUT2D eigenvalue weighted by atomic mass is 35.5. The predicted octanol–water partition coefficient (Wildman–Crippen LogP) is 1.47. The maximum Gasteiger partial charge on any atom is 0.146 e. The summed E-state index contributed by atoms with van der Waals surface area (Å²) in [6.07, 6.45) is 3.16. The van der Waals surface area contributed by atoms with Crippen LogP contribution in [0.15, 0.2) is 0 Å². The number of hydrogen-bond donors (Lipinski definition) is 0. The third kappa shape index (κ3) is 2.60. The minimum Gasteiger partial charge on any atom is -0.422 e. The Morgan fingerprint density at radius 3 is 2.00 bits per heavy atom. The molecule has 0 unspecified atom stereocenters. The number of alkyl halides is 1. The van der Waals surface area contributed by atoms with Gasteiger partial charge in [-0.15, -0.1) is 11.6 Å². The minimum atomic E-state index is 0.105. The zero-order valence-electron chi connectivity index (χ0n) is 7.11. The summed E-state index contributed by atoms with van der Waals surface area (Å²) in [5.41, 5.74) is 0.105. The van der Waals surface area contributed by atoms with Crippen LogP contribution in [0, 0.1) is 0 Å². The SMILES string of the molecule is CCC(CC)(CCCl)O[SiH3]. The molecule has 0 aromatic heterocycles. The lowest BCUT2D eigenvalue weighted by atomic mass is 9.95. The fraction of sp³-hybridized carbons (Fsp3) is 1.00. The normalized spacial score (nSPS) is 12.3. The Balaban J connectivity index is 3.87. The van der Waals surface area contributed by atoms with E-state index < -0.39 is 0 Å². The molecule has 0 saturated heterocycles. The van der Waals surface area contributed by atoms with Gasteiger partial charge in [-0.25, -0.2) is 0 Å². The molecule has 0 aromatic rings. The average molecular weight is 181 g/mol. The molecule has 0 rings (SSSR count). The van der Waals surface area contributed by atoms with Gasteiger partial charge in [0, 0.05) is 5.88 Å². The van der Waals surface area contributed by atoms with Gasteiger partial charge in [-0.05, 0) is 19.3 Å². The quantitative estimate of drug-likeness (QED) is 0.460. The van der Waals surface area contributed by atoms with Gasteiger partial charge in [0.2, 0.25) is 0 Å². The van der Waals surface area contributed by atoms with Crippen LogP contribution >= 0.6 is 11.6 Å². The van der Waals surface area contributed by atoms with Crippen LogP contribution in [0.3, 0.4) is 0 Å². The van der Waals surface area contributed by atoms with Gasteiger partial charge in [0.15, 0.2) is 0 Å². The summed E-state index contributed by atoms with van der Waals surface area (Å²) in [5, 5.41) is 0. The Morgan fingerprint density at radius 2 is 1.90 bits per heavy atom. The summed E-state index contributed by atoms with van der Waals surface area (Å²) < 4.78 is 5.53. The lowest BCUT2D eigenvalue weighted by Gasteiger charge is -2.30. The Morgan fingerprint density at radius 1 is 1.40 bits per heavy atom. The molecule has 0 amide bonds. The summed E-state index contributed by atoms with van der Waals surface area (Å²) in [7, 11) is 0.821. The molecule has 0 aliphatic rings. The molecule has 0 spiro atoms. The van der Waals surface area contributed by atoms with E-state index in [1.807, 2.05) is 0 Å². The van der Waals surface area contributed by atoms with E-state index in [1.165, 1.54) is 0 Å². The van der Waals surface area contributed by atoms with Crippen molar-refractivity contribution in [3.8, 4) is 0 Å². The molecule has 0 aliphatic heterocycles. The van der Waals surface area contributed by atoms with Crippen LogP contribution in [0.5, 0.6) is 0 Å². The van der Waals surface area contributed by atoms with Crippen molar-refractivity contribution in [2.75, 3.05) is 5.88 Å². The van der Waals surface area contributed by atoms with Crippen molar-refractivity contribution in [2.45, 2.75) is 38.7 Å². The first-order chi connectivity index (χ1) is 4.74. The van der Waals surface area contributed by atoms with Gasteiger partial charge in [-0.2, -0.15) is 0 Å². The van der Waals surface area contributed by atoms with Crippen LogP contribution in [-0.4, -0.2) is 22.0 Å². The minimum absolute atomic E-state index is 0.105. The van der Waals surface area contributed by atoms with Crippen LogP contribution < -0.4 is 0 Å². The molecular formula is C7H17ClOSi. The van der Waals surface area contributed by atoms with Gasteiger partial charge in [-0.3, -0.25) is 0 Å². The van der Waals surface area contributed by atoms with E-state index in [1.54, 1.807) is 0 Å². The maximum atomic E-state index is 5.66. The van der Waals surface area contributed by atoms with Crippen LogP contribution in [0.25, 0.3) is 0 Å². The first-order valence-corrected chi connectivity index (χ1v) is 5.21. The number of rotatable bonds is 5. The Kier molecular flexibility index (Phi) is 5.40. The summed E-state index contributed by atoms with van der Waals surface area (Å²) >= 11 is 5.66. The molecular weight excluding hydrogens is 164 g/mol. The van der Waals surface area contributed by atoms with Crippen molar-refractivity contribution >= 4 is 22.1 Å². The predicted molar refractivity (Wildman–Crippen MR) is 49.7 cm³/mol. The second-order valence-corrected chi connectivity index (χ2v) is 3.32. The average Bonchev–Trinajstić information content (AvgIpc) is 2.01. The molecule has 10 heavy (non-hydrogen) atoms. The molecule has 0 aliphatic carbocycles. The largest absolute Gasteiger partial charge is 0.422 e. The van der Waals surface area contributed by atoms with Gasteiger partial charge < -0.3 is 4.43 Å². The maximum absolute atomic E-state index is 5.66. The second-order valence-electron chi connectivity index (χ2n) is 2.53.